The summed E-state index contributed by atoms with van der Waals surface area (Å²) in [7, 11) is 0. The van der Waals surface area contributed by atoms with E-state index in [2.05, 4.69) is 0 Å². The molecule has 0 radical (unpaired) electrons. The molecule has 6 nitrogen and oxygen atoms in total. The van der Waals surface area contributed by atoms with Gasteiger partial charge in [0, 0.05) is 0 Å². The van der Waals surface area contributed by atoms with Gasteiger partial charge in [-0.2, -0.15) is 0 Å². The molecule has 0 bridgehead atoms. The maximum atomic E-state index is 9.42. The zero-order valence-corrected chi connectivity index (χ0v) is 7.82. The molecule has 84 valence electrons. The van der Waals surface area contributed by atoms with Crippen LogP contribution in [0.3, 0.4) is 0 Å². The minimum Gasteiger partial charge on any atom is -0.394 e. The molecule has 0 saturated carbocycles. The van der Waals surface area contributed by atoms with E-state index in [1.165, 1.54) is 6.92 Å². The molecule has 1 saturated heterocycles. The summed E-state index contributed by atoms with van der Waals surface area (Å²) < 4.78 is 5.06. The van der Waals surface area contributed by atoms with E-state index in [1.807, 2.05) is 0 Å². The third-order valence-electron chi connectivity index (χ3n) is 2.46. The zero-order chi connectivity index (χ0) is 10.9. The van der Waals surface area contributed by atoms with Crippen LogP contribution >= 0.6 is 0 Å². The van der Waals surface area contributed by atoms with Crippen molar-refractivity contribution in [3.63, 3.8) is 0 Å². The van der Waals surface area contributed by atoms with Crippen LogP contribution in [0.4, 0.5) is 0 Å². The first-order chi connectivity index (χ1) is 6.49. The maximum absolute atomic E-state index is 9.42. The van der Waals surface area contributed by atoms with Gasteiger partial charge in [-0.05, 0) is 6.92 Å². The first-order valence-electron chi connectivity index (χ1n) is 4.47. The average molecular weight is 208 g/mol. The summed E-state index contributed by atoms with van der Waals surface area (Å²) in [6, 6.07) is 0. The SMILES string of the molecule is C[C@H]1OC([C@@H](O)CO)[C@@H](O)C(O)[C@H]1O. The van der Waals surface area contributed by atoms with Gasteiger partial charge in [0.15, 0.2) is 0 Å². The van der Waals surface area contributed by atoms with Gasteiger partial charge in [-0.15, -0.1) is 0 Å². The second-order valence-electron chi connectivity index (χ2n) is 3.53. The predicted octanol–water partition coefficient (Wildman–Crippen LogP) is -2.79. The monoisotopic (exact) mass is 208 g/mol. The molecule has 0 aromatic rings. The van der Waals surface area contributed by atoms with Crippen LogP contribution in [0.25, 0.3) is 0 Å². The third-order valence-corrected chi connectivity index (χ3v) is 2.46. The van der Waals surface area contributed by atoms with Gasteiger partial charge in [0.2, 0.25) is 0 Å². The molecule has 1 heterocycles. The predicted molar refractivity (Wildman–Crippen MR) is 45.4 cm³/mol. The summed E-state index contributed by atoms with van der Waals surface area (Å²) in [5, 5.41) is 46.0. The van der Waals surface area contributed by atoms with Crippen LogP contribution in [0.1, 0.15) is 6.92 Å². The zero-order valence-electron chi connectivity index (χ0n) is 7.82. The Kier molecular flexibility index (Phi) is 3.82. The largest absolute Gasteiger partial charge is 0.394 e. The third kappa shape index (κ3) is 2.05. The van der Waals surface area contributed by atoms with E-state index < -0.39 is 43.2 Å². The highest BCUT2D eigenvalue weighted by Crippen LogP contribution is 2.22. The Hall–Kier alpha value is -0.240. The van der Waals surface area contributed by atoms with Crippen molar-refractivity contribution in [3.05, 3.63) is 0 Å². The van der Waals surface area contributed by atoms with Crippen LogP contribution in [-0.4, -0.2) is 68.8 Å². The smallest absolute Gasteiger partial charge is 0.115 e. The van der Waals surface area contributed by atoms with E-state index in [4.69, 9.17) is 9.84 Å². The summed E-state index contributed by atoms with van der Waals surface area (Å²) in [6.45, 7) is 0.939. The maximum Gasteiger partial charge on any atom is 0.115 e. The molecule has 2 unspecified atom stereocenters. The van der Waals surface area contributed by atoms with Crippen molar-refractivity contribution in [1.82, 2.24) is 0 Å². The Morgan fingerprint density at radius 2 is 1.71 bits per heavy atom. The molecule has 0 spiro atoms. The quantitative estimate of drug-likeness (QED) is 0.335. The summed E-state index contributed by atoms with van der Waals surface area (Å²) in [5.41, 5.74) is 0. The van der Waals surface area contributed by atoms with E-state index in [1.54, 1.807) is 0 Å². The molecule has 1 fully saturated rings. The summed E-state index contributed by atoms with van der Waals surface area (Å²) in [4.78, 5) is 0. The molecule has 14 heavy (non-hydrogen) atoms. The standard InChI is InChI=1S/C8H16O6/c1-3-5(11)6(12)7(13)8(14-3)4(10)2-9/h3-13H,2H2,1H3/t3-,4+,5+,6?,7+,8?/m1/s1. The van der Waals surface area contributed by atoms with Crippen molar-refractivity contribution < 1.29 is 30.3 Å². The summed E-state index contributed by atoms with van der Waals surface area (Å²) in [5.74, 6) is 0. The first-order valence-corrected chi connectivity index (χ1v) is 4.47. The van der Waals surface area contributed by atoms with Gasteiger partial charge in [-0.25, -0.2) is 0 Å². The molecule has 1 rings (SSSR count). The van der Waals surface area contributed by atoms with Gasteiger partial charge in [0.1, 0.15) is 30.5 Å². The molecule has 6 atom stereocenters. The minimum atomic E-state index is -1.40. The van der Waals surface area contributed by atoms with Gasteiger partial charge in [0.25, 0.3) is 0 Å². The highest BCUT2D eigenvalue weighted by atomic mass is 16.5. The Morgan fingerprint density at radius 1 is 1.14 bits per heavy atom. The number of aliphatic hydroxyl groups is 5. The van der Waals surface area contributed by atoms with E-state index in [0.717, 1.165) is 0 Å². The summed E-state index contributed by atoms with van der Waals surface area (Å²) >= 11 is 0. The molecule has 0 aromatic heterocycles. The lowest BCUT2D eigenvalue weighted by molar-refractivity contribution is -0.241. The second-order valence-corrected chi connectivity index (χ2v) is 3.53. The van der Waals surface area contributed by atoms with Crippen LogP contribution in [0, 0.1) is 0 Å². The second kappa shape index (κ2) is 4.52. The topological polar surface area (TPSA) is 110 Å². The lowest BCUT2D eigenvalue weighted by Gasteiger charge is -2.40. The van der Waals surface area contributed by atoms with Crippen molar-refractivity contribution in [2.24, 2.45) is 0 Å². The Bertz CT molecular complexity index is 187. The Balaban J connectivity index is 2.70. The number of hydrogen-bond acceptors (Lipinski definition) is 6. The molecule has 5 N–H and O–H groups in total. The lowest BCUT2D eigenvalue weighted by Crippen LogP contribution is -2.60. The van der Waals surface area contributed by atoms with E-state index in [0.29, 0.717) is 0 Å². The van der Waals surface area contributed by atoms with Gasteiger partial charge < -0.3 is 30.3 Å². The fourth-order valence-corrected chi connectivity index (χ4v) is 1.51. The lowest BCUT2D eigenvalue weighted by atomic mass is 9.93. The molecular weight excluding hydrogens is 192 g/mol. The van der Waals surface area contributed by atoms with Crippen molar-refractivity contribution >= 4 is 0 Å². The molecular formula is C8H16O6. The van der Waals surface area contributed by atoms with Crippen LogP contribution in [0.2, 0.25) is 0 Å². The fourth-order valence-electron chi connectivity index (χ4n) is 1.51. The van der Waals surface area contributed by atoms with E-state index >= 15 is 0 Å². The minimum absolute atomic E-state index is 0.572. The van der Waals surface area contributed by atoms with Crippen molar-refractivity contribution in [2.45, 2.75) is 43.5 Å². The average Bonchev–Trinajstić information content (AvgIpc) is 2.19. The van der Waals surface area contributed by atoms with Crippen LogP contribution in [0.15, 0.2) is 0 Å². The van der Waals surface area contributed by atoms with Crippen molar-refractivity contribution in [1.29, 1.82) is 0 Å². The normalized spacial score (nSPS) is 46.3. The first kappa shape index (κ1) is 11.8. The number of ether oxygens (including phenoxy) is 1. The number of aliphatic hydroxyl groups excluding tert-OH is 5. The van der Waals surface area contributed by atoms with Crippen molar-refractivity contribution in [2.75, 3.05) is 6.61 Å². The molecule has 0 aromatic carbocycles. The van der Waals surface area contributed by atoms with Gasteiger partial charge >= 0.3 is 0 Å². The highest BCUT2D eigenvalue weighted by Gasteiger charge is 2.44. The number of rotatable bonds is 2. The van der Waals surface area contributed by atoms with Gasteiger partial charge in [-0.1, -0.05) is 0 Å². The van der Waals surface area contributed by atoms with Crippen LogP contribution < -0.4 is 0 Å². The highest BCUT2D eigenvalue weighted by molar-refractivity contribution is 4.93. The number of hydrogen-bond donors (Lipinski definition) is 5. The fraction of sp³-hybridized carbons (Fsp3) is 1.00. The van der Waals surface area contributed by atoms with Gasteiger partial charge in [0.05, 0.1) is 12.7 Å². The van der Waals surface area contributed by atoms with Crippen LogP contribution in [-0.2, 0) is 4.74 Å². The van der Waals surface area contributed by atoms with E-state index in [9.17, 15) is 20.4 Å². The summed E-state index contributed by atoms with van der Waals surface area (Å²) in [6.07, 6.45) is -7.00. The molecule has 1 aliphatic rings. The molecule has 1 aliphatic heterocycles. The Morgan fingerprint density at radius 3 is 2.21 bits per heavy atom. The molecule has 0 aliphatic carbocycles. The van der Waals surface area contributed by atoms with Crippen molar-refractivity contribution in [3.8, 4) is 0 Å². The van der Waals surface area contributed by atoms with E-state index in [-0.39, 0.29) is 0 Å². The van der Waals surface area contributed by atoms with Crippen LogP contribution in [0.5, 0.6) is 0 Å². The molecule has 0 amide bonds. The molecule has 6 heteroatoms. The Labute approximate surface area is 81.4 Å². The van der Waals surface area contributed by atoms with Gasteiger partial charge in [-0.3, -0.25) is 0 Å².